The van der Waals surface area contributed by atoms with E-state index in [0.29, 0.717) is 25.2 Å². The highest BCUT2D eigenvalue weighted by Crippen LogP contribution is 2.19. The van der Waals surface area contributed by atoms with Gasteiger partial charge >= 0.3 is 0 Å². The summed E-state index contributed by atoms with van der Waals surface area (Å²) in [6.45, 7) is 2.37. The minimum absolute atomic E-state index is 0.00401. The second kappa shape index (κ2) is 13.4. The Labute approximate surface area is 151 Å². The van der Waals surface area contributed by atoms with Gasteiger partial charge in [0.25, 0.3) is 0 Å². The van der Waals surface area contributed by atoms with E-state index in [4.69, 9.17) is 4.74 Å². The molecule has 0 spiro atoms. The normalized spacial score (nSPS) is 16.5. The topological polar surface area (TPSA) is 66.0 Å². The van der Waals surface area contributed by atoms with E-state index >= 15 is 0 Å². The van der Waals surface area contributed by atoms with Crippen molar-refractivity contribution in [2.75, 3.05) is 52.3 Å². The molecule has 1 rings (SSSR count). The van der Waals surface area contributed by atoms with E-state index in [1.165, 1.54) is 38.5 Å². The van der Waals surface area contributed by atoms with Crippen LogP contribution in [0.25, 0.3) is 0 Å². The number of carbonyl (C=O) groups excluding carboxylic acids is 1. The number of carbonyl (C=O) groups is 1. The summed E-state index contributed by atoms with van der Waals surface area (Å²) >= 11 is 1.78. The van der Waals surface area contributed by atoms with E-state index in [1.807, 2.05) is 0 Å². The average molecular weight is 359 g/mol. The van der Waals surface area contributed by atoms with Crippen LogP contribution in [0.5, 0.6) is 0 Å². The molecule has 0 unspecified atom stereocenters. The second-order valence-electron chi connectivity index (χ2n) is 6.28. The Morgan fingerprint density at radius 1 is 1.17 bits per heavy atom. The molecule has 7 heteroatoms. The third-order valence-electron chi connectivity index (χ3n) is 4.02. The predicted octanol–water partition coefficient (Wildman–Crippen LogP) is 1.71. The summed E-state index contributed by atoms with van der Waals surface area (Å²) in [5.41, 5.74) is 0. The van der Waals surface area contributed by atoms with Crippen LogP contribution >= 0.6 is 11.8 Å². The van der Waals surface area contributed by atoms with Gasteiger partial charge in [-0.2, -0.15) is 11.8 Å². The van der Waals surface area contributed by atoms with Crippen molar-refractivity contribution in [2.24, 2.45) is 4.99 Å². The van der Waals surface area contributed by atoms with E-state index < -0.39 is 0 Å². The third kappa shape index (κ3) is 10.0. The van der Waals surface area contributed by atoms with Gasteiger partial charge in [-0.15, -0.1) is 0 Å². The molecule has 0 saturated heterocycles. The molecule has 0 aromatic heterocycles. The highest BCUT2D eigenvalue weighted by Gasteiger charge is 2.12. The molecule has 0 atom stereocenters. The Balaban J connectivity index is 2.31. The van der Waals surface area contributed by atoms with Crippen LogP contribution in [-0.2, 0) is 9.53 Å². The SMILES string of the molecule is CSCCNC(=NCC(=O)N(C)C)NCCOC1CCCCCC1. The molecule has 2 N–H and O–H groups in total. The van der Waals surface area contributed by atoms with Crippen LogP contribution < -0.4 is 10.6 Å². The Bertz CT molecular complexity index is 370. The van der Waals surface area contributed by atoms with Gasteiger partial charge in [-0.1, -0.05) is 25.7 Å². The van der Waals surface area contributed by atoms with Crippen molar-refractivity contribution in [2.45, 2.75) is 44.6 Å². The summed E-state index contributed by atoms with van der Waals surface area (Å²) < 4.78 is 5.98. The van der Waals surface area contributed by atoms with Gasteiger partial charge in [-0.25, -0.2) is 4.99 Å². The Morgan fingerprint density at radius 3 is 2.46 bits per heavy atom. The molecule has 0 aliphatic heterocycles. The minimum Gasteiger partial charge on any atom is -0.376 e. The molecule has 1 aliphatic rings. The van der Waals surface area contributed by atoms with Gasteiger partial charge in [0.15, 0.2) is 5.96 Å². The number of rotatable bonds is 9. The van der Waals surface area contributed by atoms with Crippen LogP contribution in [-0.4, -0.2) is 75.2 Å². The van der Waals surface area contributed by atoms with Gasteiger partial charge in [0.1, 0.15) is 6.54 Å². The van der Waals surface area contributed by atoms with Crippen molar-refractivity contribution in [3.05, 3.63) is 0 Å². The number of thioether (sulfide) groups is 1. The maximum absolute atomic E-state index is 11.7. The largest absolute Gasteiger partial charge is 0.376 e. The summed E-state index contributed by atoms with van der Waals surface area (Å²) in [6.07, 6.45) is 10.1. The zero-order valence-corrected chi connectivity index (χ0v) is 16.3. The molecule has 6 nitrogen and oxygen atoms in total. The molecule has 140 valence electrons. The van der Waals surface area contributed by atoms with Crippen LogP contribution in [0.4, 0.5) is 0 Å². The lowest BCUT2D eigenvalue weighted by Gasteiger charge is -2.17. The minimum atomic E-state index is -0.00401. The number of hydrogen-bond acceptors (Lipinski definition) is 4. The van der Waals surface area contributed by atoms with Gasteiger partial charge in [0.2, 0.25) is 5.91 Å². The fourth-order valence-corrected chi connectivity index (χ4v) is 2.84. The Morgan fingerprint density at radius 2 is 1.83 bits per heavy atom. The zero-order valence-electron chi connectivity index (χ0n) is 15.5. The van der Waals surface area contributed by atoms with Crippen molar-refractivity contribution < 1.29 is 9.53 Å². The molecule has 1 fully saturated rings. The number of hydrogen-bond donors (Lipinski definition) is 2. The monoisotopic (exact) mass is 358 g/mol. The first-order valence-electron chi connectivity index (χ1n) is 8.96. The Hall–Kier alpha value is -0.950. The van der Waals surface area contributed by atoms with Crippen LogP contribution in [0, 0.1) is 0 Å². The first-order valence-corrected chi connectivity index (χ1v) is 10.4. The molecule has 1 saturated carbocycles. The van der Waals surface area contributed by atoms with Crippen molar-refractivity contribution in [1.82, 2.24) is 15.5 Å². The molecule has 0 heterocycles. The molecular formula is C17H34N4O2S. The highest BCUT2D eigenvalue weighted by atomic mass is 32.2. The van der Waals surface area contributed by atoms with Gasteiger partial charge in [0.05, 0.1) is 12.7 Å². The van der Waals surface area contributed by atoms with Crippen molar-refractivity contribution in [3.8, 4) is 0 Å². The van der Waals surface area contributed by atoms with Crippen LogP contribution in [0.15, 0.2) is 4.99 Å². The van der Waals surface area contributed by atoms with E-state index in [1.54, 1.807) is 30.8 Å². The average Bonchev–Trinajstić information content (AvgIpc) is 2.84. The quantitative estimate of drug-likeness (QED) is 0.284. The summed E-state index contributed by atoms with van der Waals surface area (Å²) in [5, 5.41) is 6.52. The van der Waals surface area contributed by atoms with Crippen LogP contribution in [0.3, 0.4) is 0 Å². The fraction of sp³-hybridized carbons (Fsp3) is 0.882. The standard InChI is InChI=1S/C17H34N4O2S/c1-21(2)16(22)14-20-17(19-11-13-24-3)18-10-12-23-15-8-6-4-5-7-9-15/h15H,4-14H2,1-3H3,(H2,18,19,20). The maximum atomic E-state index is 11.7. The lowest BCUT2D eigenvalue weighted by atomic mass is 10.1. The lowest BCUT2D eigenvalue weighted by molar-refractivity contribution is -0.127. The number of nitrogens with one attached hydrogen (secondary N) is 2. The zero-order chi connectivity index (χ0) is 17.6. The van der Waals surface area contributed by atoms with E-state index in [-0.39, 0.29) is 12.5 Å². The molecular weight excluding hydrogens is 324 g/mol. The molecule has 0 aromatic rings. The van der Waals surface area contributed by atoms with Gasteiger partial charge in [0, 0.05) is 32.9 Å². The number of aliphatic imine (C=N–C) groups is 1. The molecule has 0 bridgehead atoms. The Kier molecular flexibility index (Phi) is 11.7. The van der Waals surface area contributed by atoms with E-state index in [0.717, 1.165) is 12.3 Å². The van der Waals surface area contributed by atoms with Crippen LogP contribution in [0.2, 0.25) is 0 Å². The summed E-state index contributed by atoms with van der Waals surface area (Å²) in [6, 6.07) is 0. The van der Waals surface area contributed by atoms with Gasteiger partial charge in [-0.3, -0.25) is 4.79 Å². The van der Waals surface area contributed by atoms with Crippen molar-refractivity contribution >= 4 is 23.6 Å². The van der Waals surface area contributed by atoms with Gasteiger partial charge in [-0.05, 0) is 19.1 Å². The number of likely N-dealkylation sites (N-methyl/N-ethyl adjacent to an activating group) is 1. The smallest absolute Gasteiger partial charge is 0.243 e. The molecule has 1 amide bonds. The summed E-state index contributed by atoms with van der Waals surface area (Å²) in [4.78, 5) is 17.6. The van der Waals surface area contributed by atoms with E-state index in [2.05, 4.69) is 21.9 Å². The molecule has 0 radical (unpaired) electrons. The van der Waals surface area contributed by atoms with Crippen molar-refractivity contribution in [3.63, 3.8) is 0 Å². The first kappa shape index (κ1) is 21.1. The number of amides is 1. The first-order chi connectivity index (χ1) is 11.6. The fourth-order valence-electron chi connectivity index (χ4n) is 2.54. The summed E-state index contributed by atoms with van der Waals surface area (Å²) in [5.74, 6) is 1.68. The lowest BCUT2D eigenvalue weighted by Crippen LogP contribution is -2.41. The predicted molar refractivity (Wildman–Crippen MR) is 103 cm³/mol. The maximum Gasteiger partial charge on any atom is 0.243 e. The third-order valence-corrected chi connectivity index (χ3v) is 4.63. The number of ether oxygens (including phenoxy) is 1. The van der Waals surface area contributed by atoms with Crippen LogP contribution in [0.1, 0.15) is 38.5 Å². The highest BCUT2D eigenvalue weighted by molar-refractivity contribution is 7.98. The van der Waals surface area contributed by atoms with Crippen molar-refractivity contribution in [1.29, 1.82) is 0 Å². The molecule has 0 aromatic carbocycles. The molecule has 24 heavy (non-hydrogen) atoms. The van der Waals surface area contributed by atoms with E-state index in [9.17, 15) is 4.79 Å². The number of nitrogens with zero attached hydrogens (tertiary/aromatic N) is 2. The van der Waals surface area contributed by atoms with Gasteiger partial charge < -0.3 is 20.3 Å². The number of guanidine groups is 1. The second-order valence-corrected chi connectivity index (χ2v) is 7.27. The summed E-state index contributed by atoms with van der Waals surface area (Å²) in [7, 11) is 3.49. The molecule has 1 aliphatic carbocycles.